The Bertz CT molecular complexity index is 1650. The zero-order valence-corrected chi connectivity index (χ0v) is 37.9. The first-order valence-corrected chi connectivity index (χ1v) is 21.7. The predicted molar refractivity (Wildman–Crippen MR) is 233 cm³/mol. The molecule has 0 unspecified atom stereocenters. The van der Waals surface area contributed by atoms with Gasteiger partial charge in [0, 0.05) is 63.5 Å². The summed E-state index contributed by atoms with van der Waals surface area (Å²) in [5.41, 5.74) is 1.99. The Balaban J connectivity index is 0.00000203. The third-order valence-electron chi connectivity index (χ3n) is 8.79. The highest BCUT2D eigenvalue weighted by atomic mass is 16.5. The molecular formula is C43H69N7O15. The van der Waals surface area contributed by atoms with Crippen molar-refractivity contribution in [3.05, 3.63) is 47.3 Å². The molecule has 0 aliphatic heterocycles. The van der Waals surface area contributed by atoms with Gasteiger partial charge in [-0.25, -0.2) is 9.59 Å². The second kappa shape index (κ2) is 39.9. The molecule has 22 heteroatoms. The van der Waals surface area contributed by atoms with Crippen LogP contribution in [0.25, 0.3) is 0 Å². The van der Waals surface area contributed by atoms with Gasteiger partial charge in [0.25, 0.3) is 5.91 Å². The second-order valence-electron chi connectivity index (χ2n) is 14.5. The number of carboxylic acids is 2. The number of amides is 4. The van der Waals surface area contributed by atoms with E-state index in [0.717, 1.165) is 44.2 Å². The van der Waals surface area contributed by atoms with Gasteiger partial charge in [0.2, 0.25) is 5.91 Å². The molecule has 1 aromatic heterocycles. The normalized spacial score (nSPS) is 10.9. The standard InChI is InChI=1S/C33H50N6O9.C9H19NO4.CO2/c1-47-22-23-48-21-19-34-31(43)26-16-14-25(15-17-26)29(40)12-6-4-2-3-5-10-27-24-39(38-37-27)20-8-7-11-28(32(44)45)36-33(46)35-18-9-13-30(41)42;1-8(2)14-7-9(12)10-3-5-13-6-4-11;2-1-3/h14-17,24,28H,2-13,18-23H2,1H3,(H,34,43)(H,41,42)(H,44,45)(H2,35,36,46);8,11H,3-7H2,1-2H3,(H,10,12);/t28-;;/m0../s1. The number of aromatic nitrogens is 3. The summed E-state index contributed by atoms with van der Waals surface area (Å²) in [4.78, 5) is 86.0. The van der Waals surface area contributed by atoms with E-state index in [1.54, 1.807) is 36.1 Å². The number of carbonyl (C=O) groups is 6. The molecule has 65 heavy (non-hydrogen) atoms. The summed E-state index contributed by atoms with van der Waals surface area (Å²) in [5, 5.41) is 45.1. The van der Waals surface area contributed by atoms with Crippen LogP contribution in [0.15, 0.2) is 30.5 Å². The number of unbranched alkanes of at least 4 members (excludes halogenated alkanes) is 5. The summed E-state index contributed by atoms with van der Waals surface area (Å²) in [5.74, 6) is -2.38. The minimum absolute atomic E-state index is 0.00437. The van der Waals surface area contributed by atoms with Gasteiger partial charge < -0.3 is 55.5 Å². The monoisotopic (exact) mass is 923 g/mol. The average Bonchev–Trinajstić information content (AvgIpc) is 3.73. The molecule has 366 valence electrons. The number of aliphatic hydroxyl groups excluding tert-OH is 1. The van der Waals surface area contributed by atoms with Gasteiger partial charge >= 0.3 is 24.1 Å². The zero-order chi connectivity index (χ0) is 48.5. The fourth-order valence-electron chi connectivity index (χ4n) is 5.47. The number of aliphatic hydroxyl groups is 1. The number of urea groups is 1. The maximum atomic E-state index is 12.6. The number of aryl methyl sites for hydroxylation is 2. The second-order valence-corrected chi connectivity index (χ2v) is 14.5. The summed E-state index contributed by atoms with van der Waals surface area (Å²) in [6.07, 6.45) is 9.86. The van der Waals surface area contributed by atoms with E-state index in [1.165, 1.54) is 0 Å². The molecule has 0 saturated carbocycles. The topological polar surface area (TPSA) is 313 Å². The smallest absolute Gasteiger partial charge is 0.373 e. The summed E-state index contributed by atoms with van der Waals surface area (Å²) in [6, 6.07) is 5.04. The number of methoxy groups -OCH3 is 1. The Kier molecular flexibility index (Phi) is 36.4. The average molecular weight is 924 g/mol. The van der Waals surface area contributed by atoms with E-state index in [9.17, 15) is 33.9 Å². The Hall–Kier alpha value is -5.64. The fraction of sp³-hybridized carbons (Fsp3) is 0.651. The number of Topliss-reactive ketones (excluding diaryl/α,β-unsaturated/α-hetero) is 1. The minimum atomic E-state index is -1.13. The van der Waals surface area contributed by atoms with E-state index in [-0.39, 0.29) is 68.9 Å². The first-order valence-electron chi connectivity index (χ1n) is 21.7. The Morgan fingerprint density at radius 2 is 1.40 bits per heavy atom. The molecule has 7 N–H and O–H groups in total. The molecule has 0 aliphatic carbocycles. The summed E-state index contributed by atoms with van der Waals surface area (Å²) < 4.78 is 22.0. The molecule has 0 saturated heterocycles. The summed E-state index contributed by atoms with van der Waals surface area (Å²) in [7, 11) is 1.60. The van der Waals surface area contributed by atoms with Crippen LogP contribution in [0.2, 0.25) is 0 Å². The lowest BCUT2D eigenvalue weighted by atomic mass is 10.0. The van der Waals surface area contributed by atoms with Crippen molar-refractivity contribution in [2.24, 2.45) is 0 Å². The molecule has 0 bridgehead atoms. The largest absolute Gasteiger partial charge is 0.481 e. The van der Waals surface area contributed by atoms with Crippen LogP contribution in [-0.4, -0.2) is 157 Å². The first-order chi connectivity index (χ1) is 31.3. The molecule has 0 fully saturated rings. The van der Waals surface area contributed by atoms with Gasteiger partial charge in [0.05, 0.1) is 51.4 Å². The van der Waals surface area contributed by atoms with Crippen LogP contribution in [0.5, 0.6) is 0 Å². The number of ketones is 1. The Morgan fingerprint density at radius 1 is 0.754 bits per heavy atom. The molecule has 1 atom stereocenters. The van der Waals surface area contributed by atoms with Gasteiger partial charge in [-0.1, -0.05) is 36.6 Å². The first kappa shape index (κ1) is 59.4. The van der Waals surface area contributed by atoms with Crippen LogP contribution in [0.3, 0.4) is 0 Å². The maximum absolute atomic E-state index is 12.6. The van der Waals surface area contributed by atoms with Crippen molar-refractivity contribution in [3.8, 4) is 0 Å². The molecule has 0 aliphatic rings. The van der Waals surface area contributed by atoms with Crippen LogP contribution in [0.1, 0.15) is 111 Å². The van der Waals surface area contributed by atoms with E-state index in [1.807, 2.05) is 20.0 Å². The van der Waals surface area contributed by atoms with Gasteiger partial charge in [0.15, 0.2) is 5.78 Å². The number of rotatable bonds is 35. The lowest BCUT2D eigenvalue weighted by molar-refractivity contribution is -0.191. The highest BCUT2D eigenvalue weighted by Gasteiger charge is 2.19. The number of carbonyl (C=O) groups excluding carboxylic acids is 6. The van der Waals surface area contributed by atoms with Crippen molar-refractivity contribution in [2.45, 2.75) is 110 Å². The van der Waals surface area contributed by atoms with Crippen molar-refractivity contribution < 1.29 is 72.6 Å². The van der Waals surface area contributed by atoms with E-state index in [0.29, 0.717) is 83.1 Å². The molecule has 4 amide bonds. The number of ether oxygens (including phenoxy) is 4. The SMILES string of the molecule is CC(C)OCC(=O)NCCOCCO.COCCOCCNC(=O)c1ccc(C(=O)CCCCCCCc2cn(CCCC[C@H](NC(=O)NCCCC(=O)O)C(=O)O)nn2)cc1.O=C=O. The molecule has 1 heterocycles. The lowest BCUT2D eigenvalue weighted by Gasteiger charge is -2.15. The minimum Gasteiger partial charge on any atom is -0.481 e. The van der Waals surface area contributed by atoms with Crippen molar-refractivity contribution >= 4 is 41.7 Å². The van der Waals surface area contributed by atoms with Crippen LogP contribution < -0.4 is 21.3 Å². The fourth-order valence-corrected chi connectivity index (χ4v) is 5.47. The molecule has 1 aromatic carbocycles. The number of nitrogens with one attached hydrogen (secondary N) is 4. The molecule has 2 aromatic rings. The molecule has 22 nitrogen and oxygen atoms in total. The number of aliphatic carboxylic acids is 2. The lowest BCUT2D eigenvalue weighted by Crippen LogP contribution is -2.46. The van der Waals surface area contributed by atoms with Crippen LogP contribution >= 0.6 is 0 Å². The van der Waals surface area contributed by atoms with E-state index < -0.39 is 24.0 Å². The van der Waals surface area contributed by atoms with Crippen molar-refractivity contribution in [2.75, 3.05) is 73.0 Å². The number of hydrogen-bond acceptors (Lipinski definition) is 15. The highest BCUT2D eigenvalue weighted by molar-refractivity contribution is 5.98. The molecular weight excluding hydrogens is 855 g/mol. The number of carboxylic acid groups (broad SMARTS) is 2. The number of nitrogens with zero attached hydrogens (tertiary/aromatic N) is 3. The predicted octanol–water partition coefficient (Wildman–Crippen LogP) is 2.18. The van der Waals surface area contributed by atoms with Gasteiger partial charge in [-0.15, -0.1) is 5.10 Å². The van der Waals surface area contributed by atoms with Crippen molar-refractivity contribution in [3.63, 3.8) is 0 Å². The van der Waals surface area contributed by atoms with Crippen molar-refractivity contribution in [1.82, 2.24) is 36.3 Å². The van der Waals surface area contributed by atoms with Gasteiger partial charge in [0.1, 0.15) is 12.6 Å². The van der Waals surface area contributed by atoms with E-state index in [4.69, 9.17) is 38.7 Å². The third kappa shape index (κ3) is 34.4. The van der Waals surface area contributed by atoms with Crippen LogP contribution in [0, 0.1) is 0 Å². The Morgan fingerprint density at radius 3 is 2.05 bits per heavy atom. The van der Waals surface area contributed by atoms with Crippen molar-refractivity contribution in [1.29, 1.82) is 0 Å². The molecule has 0 radical (unpaired) electrons. The summed E-state index contributed by atoms with van der Waals surface area (Å²) in [6.45, 7) is 7.50. The Labute approximate surface area is 379 Å². The number of hydrogen-bond donors (Lipinski definition) is 7. The van der Waals surface area contributed by atoms with Gasteiger partial charge in [-0.2, -0.15) is 9.59 Å². The quantitative estimate of drug-likeness (QED) is 0.0385. The number of benzene rings is 1. The van der Waals surface area contributed by atoms with E-state index >= 15 is 0 Å². The zero-order valence-electron chi connectivity index (χ0n) is 37.9. The van der Waals surface area contributed by atoms with E-state index in [2.05, 4.69) is 31.6 Å². The summed E-state index contributed by atoms with van der Waals surface area (Å²) >= 11 is 0. The van der Waals surface area contributed by atoms with Gasteiger partial charge in [-0.05, 0) is 70.9 Å². The highest BCUT2D eigenvalue weighted by Crippen LogP contribution is 2.13. The molecule has 2 rings (SSSR count). The van der Waals surface area contributed by atoms with Crippen LogP contribution in [0.4, 0.5) is 4.79 Å². The van der Waals surface area contributed by atoms with Crippen LogP contribution in [-0.2, 0) is 55.9 Å². The van der Waals surface area contributed by atoms with Gasteiger partial charge in [-0.3, -0.25) is 23.9 Å². The third-order valence-corrected chi connectivity index (χ3v) is 8.79. The maximum Gasteiger partial charge on any atom is 0.373 e. The molecule has 0 spiro atoms.